The SMILES string of the molecule is CCCCN(CCCC)c1ccc(C2C([O-])C(C)C2[O-])cc1.O=C1NCc2ccc(cc2)CNC(=O)c2cccc(c2)C(=O)NCC2CCC(CC2)CNC(=O)c2cccc1c2. The van der Waals surface area contributed by atoms with E-state index in [9.17, 15) is 29.4 Å². The normalized spacial score (nSPS) is 23.1. The first-order valence-corrected chi connectivity index (χ1v) is 22.6. The number of nitrogens with zero attached hydrogens (tertiary/aromatic N) is 1. The van der Waals surface area contributed by atoms with Gasteiger partial charge in [0, 0.05) is 67.2 Å². The highest BCUT2D eigenvalue weighted by Gasteiger charge is 2.34. The van der Waals surface area contributed by atoms with Gasteiger partial charge in [0.1, 0.15) is 0 Å². The van der Waals surface area contributed by atoms with E-state index in [-0.39, 0.29) is 35.5 Å². The molecule has 4 heterocycles. The van der Waals surface area contributed by atoms with E-state index in [0.717, 1.165) is 55.5 Å². The molecule has 4 aromatic rings. The summed E-state index contributed by atoms with van der Waals surface area (Å²) in [5, 5.41) is 35.8. The largest absolute Gasteiger partial charge is 0.851 e. The average Bonchev–Trinajstić information content (AvgIpc) is 3.31. The number of amides is 4. The number of hydrogen-bond donors (Lipinski definition) is 4. The zero-order chi connectivity index (χ0) is 44.0. The lowest BCUT2D eigenvalue weighted by atomic mass is 9.67. The zero-order valence-electron chi connectivity index (χ0n) is 36.5. The van der Waals surface area contributed by atoms with Gasteiger partial charge in [-0.05, 0) is 121 Å². The minimum Gasteiger partial charge on any atom is -0.851 e. The fourth-order valence-corrected chi connectivity index (χ4v) is 8.50. The van der Waals surface area contributed by atoms with Gasteiger partial charge in [0.25, 0.3) is 23.6 Å². The topological polar surface area (TPSA) is 166 Å². The number of hydrogen-bond acceptors (Lipinski definition) is 7. The number of carbonyl (C=O) groups is 4. The van der Waals surface area contributed by atoms with Crippen LogP contribution in [-0.2, 0) is 13.1 Å². The van der Waals surface area contributed by atoms with Gasteiger partial charge in [0.15, 0.2) is 0 Å². The first-order chi connectivity index (χ1) is 30.0. The second-order valence-electron chi connectivity index (χ2n) is 17.3. The van der Waals surface area contributed by atoms with Gasteiger partial charge < -0.3 is 36.4 Å². The van der Waals surface area contributed by atoms with Crippen LogP contribution in [0.2, 0.25) is 0 Å². The van der Waals surface area contributed by atoms with Crippen LogP contribution < -0.4 is 36.4 Å². The van der Waals surface area contributed by atoms with Gasteiger partial charge in [-0.3, -0.25) is 19.2 Å². The molecule has 2 aliphatic carbocycles. The first-order valence-electron chi connectivity index (χ1n) is 22.6. The minimum absolute atomic E-state index is 0.185. The van der Waals surface area contributed by atoms with Crippen LogP contribution in [0.25, 0.3) is 0 Å². The zero-order valence-corrected chi connectivity index (χ0v) is 36.5. The van der Waals surface area contributed by atoms with Crippen LogP contribution in [0.1, 0.15) is 136 Å². The van der Waals surface area contributed by atoms with Crippen LogP contribution in [-0.4, -0.2) is 62.0 Å². The highest BCUT2D eigenvalue weighted by molar-refractivity contribution is 6.00. The van der Waals surface area contributed by atoms with Gasteiger partial charge in [-0.25, -0.2) is 0 Å². The van der Waals surface area contributed by atoms with E-state index in [0.29, 0.717) is 60.3 Å². The summed E-state index contributed by atoms with van der Waals surface area (Å²) in [6, 6.07) is 29.3. The van der Waals surface area contributed by atoms with Crippen molar-refractivity contribution >= 4 is 29.3 Å². The number of rotatable bonds is 8. The van der Waals surface area contributed by atoms with E-state index in [1.54, 1.807) is 55.5 Å². The number of benzene rings is 4. The van der Waals surface area contributed by atoms with Crippen molar-refractivity contribution in [2.45, 2.75) is 103 Å². The van der Waals surface area contributed by atoms with Gasteiger partial charge in [-0.1, -0.05) is 88.1 Å². The summed E-state index contributed by atoms with van der Waals surface area (Å²) in [5.41, 5.74) is 5.73. The Morgan fingerprint density at radius 2 is 0.935 bits per heavy atom. The maximum atomic E-state index is 12.8. The molecule has 8 bridgehead atoms. The number of unbranched alkanes of at least 4 members (excludes halogenated alkanes) is 2. The highest BCUT2D eigenvalue weighted by Crippen LogP contribution is 2.39. The smallest absolute Gasteiger partial charge is 0.251 e. The molecule has 11 nitrogen and oxygen atoms in total. The fraction of sp³-hybridized carbons (Fsp3) is 0.451. The molecule has 6 aliphatic rings. The third-order valence-electron chi connectivity index (χ3n) is 12.7. The second-order valence-corrected chi connectivity index (χ2v) is 17.3. The molecule has 4 N–H and O–H groups in total. The molecule has 4 aromatic carbocycles. The molecular formula is C51H63N5O6-2. The van der Waals surface area contributed by atoms with Crippen LogP contribution in [0.4, 0.5) is 5.69 Å². The van der Waals surface area contributed by atoms with Crippen LogP contribution >= 0.6 is 0 Å². The predicted octanol–water partition coefficient (Wildman–Crippen LogP) is 6.11. The van der Waals surface area contributed by atoms with Gasteiger partial charge in [0.05, 0.1) is 0 Å². The highest BCUT2D eigenvalue weighted by atomic mass is 16.3. The van der Waals surface area contributed by atoms with Crippen LogP contribution in [0, 0.1) is 17.8 Å². The van der Waals surface area contributed by atoms with Crippen molar-refractivity contribution in [1.29, 1.82) is 0 Å². The Hall–Kier alpha value is -5.52. The molecule has 0 aromatic heterocycles. The first kappa shape index (κ1) is 46.0. The van der Waals surface area contributed by atoms with Crippen molar-refractivity contribution in [1.82, 2.24) is 21.3 Å². The van der Waals surface area contributed by atoms with Crippen molar-refractivity contribution in [3.63, 3.8) is 0 Å². The summed E-state index contributed by atoms with van der Waals surface area (Å²) in [4.78, 5) is 53.6. The summed E-state index contributed by atoms with van der Waals surface area (Å²) in [6.45, 7) is 10.2. The van der Waals surface area contributed by atoms with E-state index in [2.05, 4.69) is 52.1 Å². The molecule has 62 heavy (non-hydrogen) atoms. The maximum absolute atomic E-state index is 12.8. The summed E-state index contributed by atoms with van der Waals surface area (Å²) in [7, 11) is 0. The molecule has 0 spiro atoms. The van der Waals surface area contributed by atoms with Gasteiger partial charge in [0.2, 0.25) is 0 Å². The lowest BCUT2D eigenvalue weighted by Gasteiger charge is -2.60. The van der Waals surface area contributed by atoms with Crippen molar-refractivity contribution in [3.05, 3.63) is 136 Å². The molecule has 2 atom stereocenters. The third kappa shape index (κ3) is 12.3. The summed E-state index contributed by atoms with van der Waals surface area (Å²) in [6.07, 6.45) is 7.19. The summed E-state index contributed by atoms with van der Waals surface area (Å²) < 4.78 is 0. The number of anilines is 1. The van der Waals surface area contributed by atoms with Crippen molar-refractivity contribution in [2.24, 2.45) is 17.8 Å². The summed E-state index contributed by atoms with van der Waals surface area (Å²) >= 11 is 0. The number of nitrogens with one attached hydrogen (secondary N) is 4. The lowest BCUT2D eigenvalue weighted by Crippen LogP contribution is -2.64. The standard InChI is InChI=1S/C32H34N4O4.C19H29NO2/c37-29-25-3-1-4-26(15-25)30(38)34-18-22-9-13-24(14-10-22)20-36-32(40)28-6-2-5-27(16-28)31(39)35-19-23-11-7-21(8-12-23)17-33-29;1-4-6-12-20(13-7-5-2)16-10-8-15(9-11-16)17-18(21)14(3)19(17)22/h1-8,11-12,15-16,22,24H,9-10,13-14,17-20H2,(H,33,37)(H,34,38)(H,35,39)(H,36,40);8-11,14,17-19H,4-7,12-13H2,1-3H3/q;-2. The summed E-state index contributed by atoms with van der Waals surface area (Å²) in [5.74, 6) is -0.699. The molecule has 2 fully saturated rings. The molecule has 330 valence electrons. The Labute approximate surface area is 367 Å². The molecule has 4 aliphatic heterocycles. The molecule has 0 radical (unpaired) electrons. The van der Waals surface area contributed by atoms with E-state index < -0.39 is 12.2 Å². The number of carbonyl (C=O) groups excluding carboxylic acids is 4. The van der Waals surface area contributed by atoms with Gasteiger partial charge in [-0.2, -0.15) is 0 Å². The Morgan fingerprint density at radius 3 is 1.32 bits per heavy atom. The monoisotopic (exact) mass is 841 g/mol. The third-order valence-corrected chi connectivity index (χ3v) is 12.7. The van der Waals surface area contributed by atoms with E-state index >= 15 is 0 Å². The Balaban J connectivity index is 0.000000246. The van der Waals surface area contributed by atoms with E-state index in [4.69, 9.17) is 0 Å². The van der Waals surface area contributed by atoms with E-state index in [1.165, 1.54) is 31.4 Å². The van der Waals surface area contributed by atoms with Crippen LogP contribution in [0.5, 0.6) is 0 Å². The molecule has 11 heteroatoms. The minimum atomic E-state index is -0.732. The lowest BCUT2D eigenvalue weighted by molar-refractivity contribution is -0.547. The van der Waals surface area contributed by atoms with Gasteiger partial charge >= 0.3 is 0 Å². The molecular weight excluding hydrogens is 779 g/mol. The van der Waals surface area contributed by atoms with E-state index in [1.807, 2.05) is 36.4 Å². The predicted molar refractivity (Wildman–Crippen MR) is 240 cm³/mol. The quantitative estimate of drug-likeness (QED) is 0.166. The van der Waals surface area contributed by atoms with Gasteiger partial charge in [-0.15, -0.1) is 12.2 Å². The van der Waals surface area contributed by atoms with Crippen molar-refractivity contribution < 1.29 is 29.4 Å². The maximum Gasteiger partial charge on any atom is 0.251 e. The molecule has 0 saturated heterocycles. The fourth-order valence-electron chi connectivity index (χ4n) is 8.50. The molecule has 2 saturated carbocycles. The van der Waals surface area contributed by atoms with Crippen molar-refractivity contribution in [3.8, 4) is 0 Å². The van der Waals surface area contributed by atoms with Crippen LogP contribution in [0.3, 0.4) is 0 Å². The average molecular weight is 842 g/mol. The molecule has 2 unspecified atom stereocenters. The Morgan fingerprint density at radius 1 is 0.548 bits per heavy atom. The molecule has 4 amide bonds. The molecule has 10 rings (SSSR count). The Bertz CT molecular complexity index is 1970. The van der Waals surface area contributed by atoms with Crippen molar-refractivity contribution in [2.75, 3.05) is 31.1 Å². The van der Waals surface area contributed by atoms with Crippen LogP contribution in [0.15, 0.2) is 97.1 Å². The Kier molecular flexibility index (Phi) is 16.7. The second kappa shape index (κ2) is 22.5.